The molecule has 0 saturated carbocycles. The highest BCUT2D eigenvalue weighted by Gasteiger charge is 2.33. The van der Waals surface area contributed by atoms with Crippen molar-refractivity contribution in [3.63, 3.8) is 0 Å². The first kappa shape index (κ1) is 13.7. The van der Waals surface area contributed by atoms with Crippen LogP contribution in [0.15, 0.2) is 34.7 Å². The number of amides is 2. The van der Waals surface area contributed by atoms with Crippen LogP contribution in [0, 0.1) is 5.92 Å². The molecule has 1 saturated heterocycles. The molecule has 0 spiro atoms. The monoisotopic (exact) mass is 286 g/mol. The molecule has 1 aliphatic rings. The Kier molecular flexibility index (Phi) is 3.41. The van der Waals surface area contributed by atoms with E-state index in [-0.39, 0.29) is 23.8 Å². The minimum atomic E-state index is -0.343. The highest BCUT2D eigenvalue weighted by molar-refractivity contribution is 5.96. The van der Waals surface area contributed by atoms with Gasteiger partial charge in [0.15, 0.2) is 5.76 Å². The number of primary amides is 1. The number of carbonyl (C=O) groups is 2. The molecule has 0 radical (unpaired) electrons. The van der Waals surface area contributed by atoms with Gasteiger partial charge in [-0.3, -0.25) is 9.59 Å². The molecule has 2 atom stereocenters. The van der Waals surface area contributed by atoms with Crippen molar-refractivity contribution in [3.05, 3.63) is 36.1 Å². The van der Waals surface area contributed by atoms with E-state index in [0.29, 0.717) is 17.9 Å². The molecule has 2 N–H and O–H groups in total. The second kappa shape index (κ2) is 5.24. The molecule has 5 nitrogen and oxygen atoms in total. The molecule has 1 fully saturated rings. The molecule has 0 bridgehead atoms. The number of para-hydroxylation sites is 1. The van der Waals surface area contributed by atoms with Crippen LogP contribution >= 0.6 is 0 Å². The average Bonchev–Trinajstić information content (AvgIpc) is 2.90. The predicted octanol–water partition coefficient (Wildman–Crippen LogP) is 2.16. The van der Waals surface area contributed by atoms with E-state index in [0.717, 1.165) is 18.2 Å². The van der Waals surface area contributed by atoms with E-state index >= 15 is 0 Å². The fraction of sp³-hybridized carbons (Fsp3) is 0.375. The van der Waals surface area contributed by atoms with E-state index in [2.05, 4.69) is 0 Å². The first-order valence-corrected chi connectivity index (χ1v) is 7.15. The maximum Gasteiger partial charge on any atom is 0.289 e. The summed E-state index contributed by atoms with van der Waals surface area (Å²) in [5, 5.41) is 0.900. The fourth-order valence-electron chi connectivity index (χ4n) is 2.85. The Hall–Kier alpha value is -2.30. The summed E-state index contributed by atoms with van der Waals surface area (Å²) < 4.78 is 5.62. The van der Waals surface area contributed by atoms with E-state index in [1.54, 1.807) is 11.0 Å². The van der Waals surface area contributed by atoms with Crippen molar-refractivity contribution in [3.8, 4) is 0 Å². The molecule has 1 aromatic carbocycles. The van der Waals surface area contributed by atoms with Crippen LogP contribution in [-0.4, -0.2) is 29.3 Å². The largest absolute Gasteiger partial charge is 0.451 e. The zero-order valence-corrected chi connectivity index (χ0v) is 11.9. The normalized spacial score (nSPS) is 22.4. The van der Waals surface area contributed by atoms with Gasteiger partial charge in [-0.15, -0.1) is 0 Å². The Bertz CT molecular complexity index is 659. The van der Waals surface area contributed by atoms with Crippen molar-refractivity contribution in [2.45, 2.75) is 25.8 Å². The number of rotatable bonds is 2. The summed E-state index contributed by atoms with van der Waals surface area (Å²) in [4.78, 5) is 25.7. The van der Waals surface area contributed by atoms with Crippen LogP contribution in [0.5, 0.6) is 0 Å². The molecule has 2 aromatic rings. The SMILES string of the molecule is C[C@@H]1CC[C@H](C(N)=O)CN1C(=O)c1cc2ccccc2o1. The standard InChI is InChI=1S/C16H18N2O3/c1-10-6-7-12(15(17)19)9-18(10)16(20)14-8-11-4-2-3-5-13(11)21-14/h2-5,8,10,12H,6-7,9H2,1H3,(H2,17,19)/t10-,12+/m1/s1. The van der Waals surface area contributed by atoms with Crippen LogP contribution in [0.4, 0.5) is 0 Å². The van der Waals surface area contributed by atoms with E-state index < -0.39 is 0 Å². The van der Waals surface area contributed by atoms with E-state index in [9.17, 15) is 9.59 Å². The lowest BCUT2D eigenvalue weighted by molar-refractivity contribution is -0.123. The van der Waals surface area contributed by atoms with Crippen molar-refractivity contribution in [1.82, 2.24) is 4.90 Å². The summed E-state index contributed by atoms with van der Waals surface area (Å²) in [5.41, 5.74) is 6.07. The first-order chi connectivity index (χ1) is 10.1. The van der Waals surface area contributed by atoms with Gasteiger partial charge in [0.05, 0.1) is 5.92 Å². The Labute approximate surface area is 122 Å². The van der Waals surface area contributed by atoms with Crippen molar-refractivity contribution >= 4 is 22.8 Å². The van der Waals surface area contributed by atoms with Gasteiger partial charge in [-0.05, 0) is 31.9 Å². The van der Waals surface area contributed by atoms with Crippen LogP contribution < -0.4 is 5.73 Å². The quantitative estimate of drug-likeness (QED) is 0.919. The van der Waals surface area contributed by atoms with Gasteiger partial charge in [-0.1, -0.05) is 18.2 Å². The van der Waals surface area contributed by atoms with Gasteiger partial charge in [0, 0.05) is 18.0 Å². The van der Waals surface area contributed by atoms with Gasteiger partial charge in [0.25, 0.3) is 5.91 Å². The molecule has 5 heteroatoms. The summed E-state index contributed by atoms with van der Waals surface area (Å²) in [6, 6.07) is 9.34. The van der Waals surface area contributed by atoms with E-state index in [4.69, 9.17) is 10.2 Å². The Balaban J connectivity index is 1.87. The zero-order chi connectivity index (χ0) is 15.0. The van der Waals surface area contributed by atoms with Gasteiger partial charge in [-0.25, -0.2) is 0 Å². The number of nitrogens with zero attached hydrogens (tertiary/aromatic N) is 1. The third-order valence-corrected chi connectivity index (χ3v) is 4.18. The number of furan rings is 1. The number of hydrogen-bond donors (Lipinski definition) is 1. The molecular formula is C16H18N2O3. The molecule has 1 aromatic heterocycles. The predicted molar refractivity (Wildman–Crippen MR) is 78.6 cm³/mol. The van der Waals surface area contributed by atoms with Gasteiger partial charge in [0.2, 0.25) is 5.91 Å². The first-order valence-electron chi connectivity index (χ1n) is 7.15. The van der Waals surface area contributed by atoms with Gasteiger partial charge in [-0.2, -0.15) is 0 Å². The highest BCUT2D eigenvalue weighted by Crippen LogP contribution is 2.26. The Morgan fingerprint density at radius 2 is 2.05 bits per heavy atom. The van der Waals surface area contributed by atoms with Crippen LogP contribution in [-0.2, 0) is 4.79 Å². The minimum Gasteiger partial charge on any atom is -0.451 e. The number of likely N-dealkylation sites (tertiary alicyclic amines) is 1. The zero-order valence-electron chi connectivity index (χ0n) is 11.9. The van der Waals surface area contributed by atoms with Crippen LogP contribution in [0.3, 0.4) is 0 Å². The number of piperidine rings is 1. The molecule has 1 aliphatic heterocycles. The molecule has 3 rings (SSSR count). The summed E-state index contributed by atoms with van der Waals surface area (Å²) in [6.07, 6.45) is 1.51. The smallest absolute Gasteiger partial charge is 0.289 e. The van der Waals surface area contributed by atoms with Crippen molar-refractivity contribution in [1.29, 1.82) is 0 Å². The summed E-state index contributed by atoms with van der Waals surface area (Å²) in [5.74, 6) is -0.475. The molecule has 2 heterocycles. The minimum absolute atomic E-state index is 0.0845. The van der Waals surface area contributed by atoms with Crippen molar-refractivity contribution < 1.29 is 14.0 Å². The van der Waals surface area contributed by atoms with Crippen LogP contribution in [0.1, 0.15) is 30.3 Å². The lowest BCUT2D eigenvalue weighted by Crippen LogP contribution is -2.48. The van der Waals surface area contributed by atoms with Gasteiger partial charge >= 0.3 is 0 Å². The fourth-order valence-corrected chi connectivity index (χ4v) is 2.85. The molecular weight excluding hydrogens is 268 g/mol. The summed E-state index contributed by atoms with van der Waals surface area (Å²) in [6.45, 7) is 2.35. The average molecular weight is 286 g/mol. The maximum atomic E-state index is 12.6. The molecule has 21 heavy (non-hydrogen) atoms. The number of carbonyl (C=O) groups excluding carboxylic acids is 2. The van der Waals surface area contributed by atoms with Gasteiger partial charge in [0.1, 0.15) is 5.58 Å². The lowest BCUT2D eigenvalue weighted by Gasteiger charge is -2.36. The third-order valence-electron chi connectivity index (χ3n) is 4.18. The second-order valence-electron chi connectivity index (χ2n) is 5.63. The van der Waals surface area contributed by atoms with Crippen LogP contribution in [0.2, 0.25) is 0 Å². The Morgan fingerprint density at radius 1 is 1.29 bits per heavy atom. The number of fused-ring (bicyclic) bond motifs is 1. The second-order valence-corrected chi connectivity index (χ2v) is 5.63. The highest BCUT2D eigenvalue weighted by atomic mass is 16.3. The van der Waals surface area contributed by atoms with Crippen molar-refractivity contribution in [2.75, 3.05) is 6.54 Å². The number of hydrogen-bond acceptors (Lipinski definition) is 3. The molecule has 0 unspecified atom stereocenters. The number of nitrogens with two attached hydrogens (primary N) is 1. The van der Waals surface area contributed by atoms with Crippen LogP contribution in [0.25, 0.3) is 11.0 Å². The topological polar surface area (TPSA) is 76.5 Å². The third kappa shape index (κ3) is 2.51. The molecule has 110 valence electrons. The lowest BCUT2D eigenvalue weighted by atomic mass is 9.93. The Morgan fingerprint density at radius 3 is 2.76 bits per heavy atom. The molecule has 0 aliphatic carbocycles. The van der Waals surface area contributed by atoms with Gasteiger partial charge < -0.3 is 15.1 Å². The summed E-state index contributed by atoms with van der Waals surface area (Å²) in [7, 11) is 0. The summed E-state index contributed by atoms with van der Waals surface area (Å²) >= 11 is 0. The van der Waals surface area contributed by atoms with E-state index in [1.807, 2.05) is 31.2 Å². The molecule has 2 amide bonds. The maximum absolute atomic E-state index is 12.6. The van der Waals surface area contributed by atoms with E-state index in [1.165, 1.54) is 0 Å². The van der Waals surface area contributed by atoms with Crippen molar-refractivity contribution in [2.24, 2.45) is 11.7 Å². The number of benzene rings is 1.